The van der Waals surface area contributed by atoms with Crippen molar-refractivity contribution in [2.75, 3.05) is 44.7 Å². The summed E-state index contributed by atoms with van der Waals surface area (Å²) < 4.78 is 6.89. The second-order valence-electron chi connectivity index (χ2n) is 5.57. The number of rotatable bonds is 6. The van der Waals surface area contributed by atoms with Gasteiger partial charge in [-0.1, -0.05) is 0 Å². The minimum absolute atomic E-state index is 0.422. The number of ether oxygens (including phenoxy) is 1. The Morgan fingerprint density at radius 2 is 2.04 bits per heavy atom. The third-order valence-corrected chi connectivity index (χ3v) is 3.91. The molecule has 3 rings (SSSR count). The molecule has 1 aliphatic rings. The Morgan fingerprint density at radius 3 is 2.74 bits per heavy atom. The molecule has 23 heavy (non-hydrogen) atoms. The highest BCUT2D eigenvalue weighted by molar-refractivity contribution is 5.32. The summed E-state index contributed by atoms with van der Waals surface area (Å²) in [5.41, 5.74) is 0. The van der Waals surface area contributed by atoms with Gasteiger partial charge in [0, 0.05) is 57.4 Å². The normalized spacial score (nSPS) is 17.2. The smallest absolute Gasteiger partial charge is 0.228 e. The van der Waals surface area contributed by atoms with E-state index in [9.17, 15) is 5.11 Å². The highest BCUT2D eigenvalue weighted by Gasteiger charge is 2.21. The lowest BCUT2D eigenvalue weighted by Gasteiger charge is -2.35. The van der Waals surface area contributed by atoms with Crippen molar-refractivity contribution in [1.29, 1.82) is 0 Å². The Kier molecular flexibility index (Phi) is 5.04. The molecule has 1 saturated heterocycles. The second kappa shape index (κ2) is 7.38. The molecule has 0 radical (unpaired) electrons. The molecule has 0 bridgehead atoms. The number of aliphatic hydroxyl groups excluding tert-OH is 1. The number of piperazine rings is 1. The molecule has 1 fully saturated rings. The lowest BCUT2D eigenvalue weighted by molar-refractivity contribution is 0.0919. The first-order valence-corrected chi connectivity index (χ1v) is 7.74. The van der Waals surface area contributed by atoms with Crippen molar-refractivity contribution in [3.05, 3.63) is 30.7 Å². The van der Waals surface area contributed by atoms with Gasteiger partial charge >= 0.3 is 0 Å². The number of aromatic nitrogens is 4. The van der Waals surface area contributed by atoms with Crippen LogP contribution in [0.2, 0.25) is 0 Å². The van der Waals surface area contributed by atoms with Crippen LogP contribution < -0.4 is 9.64 Å². The van der Waals surface area contributed by atoms with E-state index in [0.717, 1.165) is 26.2 Å². The van der Waals surface area contributed by atoms with Crippen molar-refractivity contribution in [2.24, 2.45) is 0 Å². The molecule has 2 aromatic heterocycles. The summed E-state index contributed by atoms with van der Waals surface area (Å²) in [6.45, 7) is 4.58. The van der Waals surface area contributed by atoms with Crippen LogP contribution in [0.5, 0.6) is 5.88 Å². The number of methoxy groups -OCH3 is 1. The maximum atomic E-state index is 10.2. The van der Waals surface area contributed by atoms with Crippen LogP contribution in [-0.4, -0.2) is 75.7 Å². The lowest BCUT2D eigenvalue weighted by atomic mass is 10.2. The van der Waals surface area contributed by atoms with Crippen LogP contribution in [-0.2, 0) is 6.54 Å². The van der Waals surface area contributed by atoms with E-state index in [4.69, 9.17) is 4.74 Å². The highest BCUT2D eigenvalue weighted by atomic mass is 16.5. The van der Waals surface area contributed by atoms with Gasteiger partial charge in [-0.15, -0.1) is 0 Å². The first-order valence-electron chi connectivity index (χ1n) is 7.74. The van der Waals surface area contributed by atoms with Crippen LogP contribution in [0.3, 0.4) is 0 Å². The summed E-state index contributed by atoms with van der Waals surface area (Å²) in [4.78, 5) is 13.1. The van der Waals surface area contributed by atoms with Crippen LogP contribution in [0.4, 0.5) is 5.95 Å². The molecular formula is C15H22N6O2. The standard InChI is InChI=1S/C15H22N6O2/c1-23-14-3-5-16-15(18-14)20-9-7-19(8-10-20)11-13(22)12-21-6-2-4-17-21/h2-6,13,22H,7-12H2,1H3/t13-/m0/s1. The van der Waals surface area contributed by atoms with Gasteiger partial charge in [-0.05, 0) is 6.07 Å². The fraction of sp³-hybridized carbons (Fsp3) is 0.533. The van der Waals surface area contributed by atoms with Crippen molar-refractivity contribution in [3.63, 3.8) is 0 Å². The van der Waals surface area contributed by atoms with E-state index in [2.05, 4.69) is 24.9 Å². The molecule has 0 aromatic carbocycles. The molecule has 0 aliphatic carbocycles. The highest BCUT2D eigenvalue weighted by Crippen LogP contribution is 2.14. The van der Waals surface area contributed by atoms with Crippen molar-refractivity contribution in [2.45, 2.75) is 12.6 Å². The number of β-amino-alcohol motifs (C(OH)–C–C–N with tert-alkyl or cyclic N) is 1. The molecule has 2 aromatic rings. The summed E-state index contributed by atoms with van der Waals surface area (Å²) >= 11 is 0. The van der Waals surface area contributed by atoms with E-state index in [0.29, 0.717) is 24.9 Å². The van der Waals surface area contributed by atoms with E-state index in [1.807, 2.05) is 12.3 Å². The summed E-state index contributed by atoms with van der Waals surface area (Å²) in [6.07, 6.45) is 4.87. The van der Waals surface area contributed by atoms with Crippen molar-refractivity contribution in [3.8, 4) is 5.88 Å². The topological polar surface area (TPSA) is 79.5 Å². The molecule has 1 atom stereocenters. The van der Waals surface area contributed by atoms with Crippen molar-refractivity contribution < 1.29 is 9.84 Å². The van der Waals surface area contributed by atoms with Crippen LogP contribution >= 0.6 is 0 Å². The van der Waals surface area contributed by atoms with Gasteiger partial charge in [0.25, 0.3) is 0 Å². The van der Waals surface area contributed by atoms with E-state index >= 15 is 0 Å². The second-order valence-corrected chi connectivity index (χ2v) is 5.57. The van der Waals surface area contributed by atoms with Gasteiger partial charge in [0.15, 0.2) is 0 Å². The Hall–Kier alpha value is -2.19. The Bertz CT molecular complexity index is 598. The molecule has 8 nitrogen and oxygen atoms in total. The van der Waals surface area contributed by atoms with Gasteiger partial charge in [-0.2, -0.15) is 10.1 Å². The average Bonchev–Trinajstić information content (AvgIpc) is 3.08. The first kappa shape index (κ1) is 15.7. The van der Waals surface area contributed by atoms with Gasteiger partial charge in [-0.25, -0.2) is 4.98 Å². The minimum Gasteiger partial charge on any atom is -0.481 e. The molecule has 1 aliphatic heterocycles. The van der Waals surface area contributed by atoms with E-state index in [1.165, 1.54) is 0 Å². The maximum absolute atomic E-state index is 10.2. The quantitative estimate of drug-likeness (QED) is 0.794. The van der Waals surface area contributed by atoms with E-state index < -0.39 is 6.10 Å². The molecule has 8 heteroatoms. The summed E-state index contributed by atoms with van der Waals surface area (Å²) in [7, 11) is 1.60. The largest absolute Gasteiger partial charge is 0.481 e. The molecule has 1 N–H and O–H groups in total. The van der Waals surface area contributed by atoms with Gasteiger partial charge in [0.05, 0.1) is 19.8 Å². The lowest BCUT2D eigenvalue weighted by Crippen LogP contribution is -2.49. The third-order valence-electron chi connectivity index (χ3n) is 3.91. The van der Waals surface area contributed by atoms with Gasteiger partial charge in [0.2, 0.25) is 11.8 Å². The third kappa shape index (κ3) is 4.17. The monoisotopic (exact) mass is 318 g/mol. The number of anilines is 1. The predicted octanol–water partition coefficient (Wildman–Crippen LogP) is -0.135. The van der Waals surface area contributed by atoms with Crippen LogP contribution in [0.25, 0.3) is 0 Å². The zero-order valence-corrected chi connectivity index (χ0v) is 13.2. The van der Waals surface area contributed by atoms with Crippen molar-refractivity contribution in [1.82, 2.24) is 24.6 Å². The molecule has 0 saturated carbocycles. The fourth-order valence-corrected chi connectivity index (χ4v) is 2.71. The van der Waals surface area contributed by atoms with Crippen LogP contribution in [0.15, 0.2) is 30.7 Å². The molecule has 0 unspecified atom stereocenters. The molecular weight excluding hydrogens is 296 g/mol. The van der Waals surface area contributed by atoms with Crippen LogP contribution in [0, 0.1) is 0 Å². The number of aliphatic hydroxyl groups is 1. The maximum Gasteiger partial charge on any atom is 0.228 e. The van der Waals surface area contributed by atoms with E-state index in [-0.39, 0.29) is 0 Å². The Morgan fingerprint density at radius 1 is 1.22 bits per heavy atom. The minimum atomic E-state index is -0.422. The Labute approximate surface area is 135 Å². The fourth-order valence-electron chi connectivity index (χ4n) is 2.71. The van der Waals surface area contributed by atoms with Crippen LogP contribution in [0.1, 0.15) is 0 Å². The summed E-state index contributed by atoms with van der Waals surface area (Å²) in [6, 6.07) is 3.60. The molecule has 0 amide bonds. The SMILES string of the molecule is COc1ccnc(N2CCN(C[C@H](O)Cn3cccn3)CC2)n1. The number of hydrogen-bond donors (Lipinski definition) is 1. The van der Waals surface area contributed by atoms with Gasteiger partial charge in [-0.3, -0.25) is 9.58 Å². The first-order chi connectivity index (χ1) is 11.2. The predicted molar refractivity (Wildman–Crippen MR) is 85.5 cm³/mol. The number of nitrogens with zero attached hydrogens (tertiary/aromatic N) is 6. The van der Waals surface area contributed by atoms with E-state index in [1.54, 1.807) is 30.3 Å². The summed E-state index contributed by atoms with van der Waals surface area (Å²) in [5.74, 6) is 1.27. The molecule has 124 valence electrons. The van der Waals surface area contributed by atoms with Crippen molar-refractivity contribution >= 4 is 5.95 Å². The zero-order chi connectivity index (χ0) is 16.1. The number of hydrogen-bond acceptors (Lipinski definition) is 7. The molecule has 0 spiro atoms. The van der Waals surface area contributed by atoms with Gasteiger partial charge in [0.1, 0.15) is 0 Å². The summed E-state index contributed by atoms with van der Waals surface area (Å²) in [5, 5.41) is 14.3. The Balaban J connectivity index is 1.48. The average molecular weight is 318 g/mol. The molecule has 3 heterocycles. The van der Waals surface area contributed by atoms with Gasteiger partial charge < -0.3 is 14.7 Å². The zero-order valence-electron chi connectivity index (χ0n) is 13.2.